The molecule has 0 atom stereocenters. The zero-order valence-electron chi connectivity index (χ0n) is 12.2. The van der Waals surface area contributed by atoms with Crippen LogP contribution in [0.2, 0.25) is 0 Å². The van der Waals surface area contributed by atoms with Gasteiger partial charge in [0.2, 0.25) is 0 Å². The van der Waals surface area contributed by atoms with E-state index in [1.807, 2.05) is 86.7 Å². The molecule has 1 rings (SSSR count). The average molecular weight is 270 g/mol. The van der Waals surface area contributed by atoms with Crippen LogP contribution in [0, 0.1) is 0 Å². The molecule has 20 heavy (non-hydrogen) atoms. The molecule has 0 N–H and O–H groups in total. The lowest BCUT2D eigenvalue weighted by atomic mass is 10.3. The largest absolute Gasteiger partial charge is 0.490 e. The van der Waals surface area contributed by atoms with E-state index in [1.165, 1.54) is 0 Å². The summed E-state index contributed by atoms with van der Waals surface area (Å²) in [7, 11) is 0. The molecule has 0 amide bonds. The first kappa shape index (κ1) is 15.8. The average Bonchev–Trinajstić information content (AvgIpc) is 2.48. The molecule has 0 aliphatic rings. The van der Waals surface area contributed by atoms with E-state index in [0.717, 1.165) is 11.5 Å². The van der Waals surface area contributed by atoms with Crippen molar-refractivity contribution < 1.29 is 9.47 Å². The van der Waals surface area contributed by atoms with Crippen LogP contribution in [0.15, 0.2) is 72.9 Å². The van der Waals surface area contributed by atoms with Gasteiger partial charge in [0, 0.05) is 0 Å². The van der Waals surface area contributed by atoms with Crippen LogP contribution in [0.25, 0.3) is 0 Å². The van der Waals surface area contributed by atoms with Gasteiger partial charge < -0.3 is 9.47 Å². The van der Waals surface area contributed by atoms with Crippen molar-refractivity contribution in [1.29, 1.82) is 0 Å². The van der Waals surface area contributed by atoms with Gasteiger partial charge in [-0.3, -0.25) is 0 Å². The number of hydrogen-bond donors (Lipinski definition) is 0. The normalized spacial score (nSPS) is 12.1. The summed E-state index contributed by atoms with van der Waals surface area (Å²) in [5, 5.41) is 0. The standard InChI is InChI=1S/C18H22O2/c1-3-5-7-9-15-19-17-11-13-18(14-12-17)20-16-10-8-6-4-2/h3-14H,15-16H2,1-2H3/b5-3+,6-4+,9-7+,10-8+. The summed E-state index contributed by atoms with van der Waals surface area (Å²) in [6.07, 6.45) is 15.8. The topological polar surface area (TPSA) is 18.5 Å². The van der Waals surface area contributed by atoms with E-state index in [9.17, 15) is 0 Å². The fourth-order valence-corrected chi connectivity index (χ4v) is 1.41. The summed E-state index contributed by atoms with van der Waals surface area (Å²) in [5.74, 6) is 1.68. The van der Waals surface area contributed by atoms with Crippen LogP contribution in [0.4, 0.5) is 0 Å². The van der Waals surface area contributed by atoms with Gasteiger partial charge in [-0.05, 0) is 50.3 Å². The van der Waals surface area contributed by atoms with Gasteiger partial charge in [-0.25, -0.2) is 0 Å². The second-order valence-corrected chi connectivity index (χ2v) is 4.00. The summed E-state index contributed by atoms with van der Waals surface area (Å²) in [4.78, 5) is 0. The van der Waals surface area contributed by atoms with Gasteiger partial charge >= 0.3 is 0 Å². The molecular formula is C18H22O2. The maximum Gasteiger partial charge on any atom is 0.120 e. The van der Waals surface area contributed by atoms with Gasteiger partial charge in [-0.2, -0.15) is 0 Å². The minimum absolute atomic E-state index is 0.566. The van der Waals surface area contributed by atoms with Crippen LogP contribution in [0.3, 0.4) is 0 Å². The quantitative estimate of drug-likeness (QED) is 0.637. The van der Waals surface area contributed by atoms with E-state index < -0.39 is 0 Å². The first-order valence-electron chi connectivity index (χ1n) is 6.78. The molecule has 0 spiro atoms. The fraction of sp³-hybridized carbons (Fsp3) is 0.222. The van der Waals surface area contributed by atoms with Crippen LogP contribution in [0.1, 0.15) is 13.8 Å². The molecule has 106 valence electrons. The smallest absolute Gasteiger partial charge is 0.120 e. The third-order valence-corrected chi connectivity index (χ3v) is 2.40. The summed E-state index contributed by atoms with van der Waals surface area (Å²) in [6.45, 7) is 5.10. The molecule has 0 radical (unpaired) electrons. The Bertz CT molecular complexity index is 420. The number of benzene rings is 1. The van der Waals surface area contributed by atoms with Crippen molar-refractivity contribution in [3.63, 3.8) is 0 Å². The predicted octanol–water partition coefficient (Wildman–Crippen LogP) is 4.71. The molecule has 0 fully saturated rings. The van der Waals surface area contributed by atoms with Crippen molar-refractivity contribution in [2.75, 3.05) is 13.2 Å². The minimum Gasteiger partial charge on any atom is -0.490 e. The molecule has 0 heterocycles. The summed E-state index contributed by atoms with van der Waals surface area (Å²) in [5.41, 5.74) is 0. The van der Waals surface area contributed by atoms with Crippen LogP contribution in [-0.4, -0.2) is 13.2 Å². The van der Waals surface area contributed by atoms with E-state index in [2.05, 4.69) is 0 Å². The van der Waals surface area contributed by atoms with Crippen molar-refractivity contribution >= 4 is 0 Å². The molecule has 0 saturated heterocycles. The second kappa shape index (κ2) is 10.7. The van der Waals surface area contributed by atoms with E-state index in [1.54, 1.807) is 0 Å². The van der Waals surface area contributed by atoms with E-state index in [4.69, 9.17) is 9.47 Å². The Morgan fingerprint density at radius 3 is 1.45 bits per heavy atom. The SMILES string of the molecule is C/C=C/C=C/COc1ccc(OC/C=C/C=C/C)cc1. The first-order valence-corrected chi connectivity index (χ1v) is 6.78. The highest BCUT2D eigenvalue weighted by Gasteiger charge is 1.94. The molecule has 0 saturated carbocycles. The maximum atomic E-state index is 5.57. The fourth-order valence-electron chi connectivity index (χ4n) is 1.41. The third-order valence-electron chi connectivity index (χ3n) is 2.40. The Labute approximate surface area is 121 Å². The van der Waals surface area contributed by atoms with Crippen LogP contribution in [0.5, 0.6) is 11.5 Å². The first-order chi connectivity index (χ1) is 9.86. The second-order valence-electron chi connectivity index (χ2n) is 4.00. The zero-order chi connectivity index (χ0) is 14.5. The number of hydrogen-bond acceptors (Lipinski definition) is 2. The molecule has 2 nitrogen and oxygen atoms in total. The van der Waals surface area contributed by atoms with Crippen molar-refractivity contribution in [2.45, 2.75) is 13.8 Å². The van der Waals surface area contributed by atoms with Gasteiger partial charge in [-0.1, -0.05) is 36.5 Å². The van der Waals surface area contributed by atoms with Crippen LogP contribution < -0.4 is 9.47 Å². The van der Waals surface area contributed by atoms with E-state index in [-0.39, 0.29) is 0 Å². The minimum atomic E-state index is 0.566. The Hall–Kier alpha value is -2.22. The van der Waals surface area contributed by atoms with E-state index >= 15 is 0 Å². The highest BCUT2D eigenvalue weighted by Crippen LogP contribution is 2.17. The van der Waals surface area contributed by atoms with Crippen LogP contribution in [-0.2, 0) is 0 Å². The number of allylic oxidation sites excluding steroid dienone is 6. The van der Waals surface area contributed by atoms with Gasteiger partial charge in [0.1, 0.15) is 24.7 Å². The monoisotopic (exact) mass is 270 g/mol. The molecule has 1 aromatic rings. The molecule has 1 aromatic carbocycles. The summed E-state index contributed by atoms with van der Waals surface area (Å²) in [6, 6.07) is 7.64. The highest BCUT2D eigenvalue weighted by molar-refractivity contribution is 5.31. The summed E-state index contributed by atoms with van der Waals surface area (Å²) >= 11 is 0. The van der Waals surface area contributed by atoms with Crippen molar-refractivity contribution in [2.24, 2.45) is 0 Å². The van der Waals surface area contributed by atoms with E-state index in [0.29, 0.717) is 13.2 Å². The van der Waals surface area contributed by atoms with Crippen molar-refractivity contribution in [3.05, 3.63) is 72.9 Å². The Morgan fingerprint density at radius 1 is 0.700 bits per heavy atom. The molecule has 0 unspecified atom stereocenters. The van der Waals surface area contributed by atoms with Crippen molar-refractivity contribution in [3.8, 4) is 11.5 Å². The molecular weight excluding hydrogens is 248 g/mol. The number of rotatable bonds is 8. The van der Waals surface area contributed by atoms with Gasteiger partial charge in [0.15, 0.2) is 0 Å². The highest BCUT2D eigenvalue weighted by atomic mass is 16.5. The van der Waals surface area contributed by atoms with Crippen LogP contribution >= 0.6 is 0 Å². The lowest BCUT2D eigenvalue weighted by Gasteiger charge is -2.05. The zero-order valence-corrected chi connectivity index (χ0v) is 12.2. The molecule has 0 bridgehead atoms. The Kier molecular flexibility index (Phi) is 8.46. The predicted molar refractivity (Wildman–Crippen MR) is 85.3 cm³/mol. The Balaban J connectivity index is 2.32. The molecule has 0 aliphatic carbocycles. The third kappa shape index (κ3) is 7.27. The lowest BCUT2D eigenvalue weighted by Crippen LogP contribution is -1.95. The molecule has 0 aliphatic heterocycles. The van der Waals surface area contributed by atoms with Gasteiger partial charge in [-0.15, -0.1) is 0 Å². The van der Waals surface area contributed by atoms with Crippen molar-refractivity contribution in [1.82, 2.24) is 0 Å². The molecule has 0 aromatic heterocycles. The molecule has 2 heteroatoms. The van der Waals surface area contributed by atoms with Gasteiger partial charge in [0.25, 0.3) is 0 Å². The summed E-state index contributed by atoms with van der Waals surface area (Å²) < 4.78 is 11.1. The van der Waals surface area contributed by atoms with Gasteiger partial charge in [0.05, 0.1) is 0 Å². The Morgan fingerprint density at radius 2 is 1.10 bits per heavy atom. The number of ether oxygens (including phenoxy) is 2. The maximum absolute atomic E-state index is 5.57. The lowest BCUT2D eigenvalue weighted by molar-refractivity contribution is 0.352.